The molecule has 0 spiro atoms. The molecule has 1 heterocycles. The summed E-state index contributed by atoms with van der Waals surface area (Å²) in [6.45, 7) is 5.10. The van der Waals surface area contributed by atoms with Gasteiger partial charge >= 0.3 is 5.97 Å². The van der Waals surface area contributed by atoms with E-state index in [2.05, 4.69) is 35.4 Å². The third-order valence-electron chi connectivity index (χ3n) is 4.90. The monoisotopic (exact) mass is 434 g/mol. The van der Waals surface area contributed by atoms with Gasteiger partial charge < -0.3 is 4.74 Å². The zero-order valence-electron chi connectivity index (χ0n) is 16.7. The number of rotatable bonds is 7. The molecule has 29 heavy (non-hydrogen) atoms. The van der Waals surface area contributed by atoms with Crippen molar-refractivity contribution in [3.8, 4) is 0 Å². The molecule has 0 saturated carbocycles. The molecule has 0 N–H and O–H groups in total. The van der Waals surface area contributed by atoms with Crippen LogP contribution in [0.1, 0.15) is 22.8 Å². The molecule has 1 saturated heterocycles. The second-order valence-corrected chi connectivity index (χ2v) is 9.59. The summed E-state index contributed by atoms with van der Waals surface area (Å²) in [7, 11) is -3.57. The fourth-order valence-corrected chi connectivity index (χ4v) is 5.07. The lowest BCUT2D eigenvalue weighted by molar-refractivity contribution is 0.0526. The molecule has 1 aliphatic rings. The van der Waals surface area contributed by atoms with Gasteiger partial charge in [-0.2, -0.15) is 4.31 Å². The van der Waals surface area contributed by atoms with E-state index in [4.69, 9.17) is 4.74 Å². The first-order chi connectivity index (χ1) is 13.9. The first-order valence-electron chi connectivity index (χ1n) is 9.56. The first kappa shape index (κ1) is 21.8. The lowest BCUT2D eigenvalue weighted by Gasteiger charge is -2.34. The van der Waals surface area contributed by atoms with Gasteiger partial charge in [-0.05, 0) is 55.1 Å². The van der Waals surface area contributed by atoms with E-state index in [1.807, 2.05) is 0 Å². The topological polar surface area (TPSA) is 66.9 Å². The molecule has 0 aliphatic carbocycles. The number of carbonyl (C=O) groups excluding carboxylic acids is 1. The maximum Gasteiger partial charge on any atom is 0.338 e. The second kappa shape index (κ2) is 9.75. The molecule has 0 atom stereocenters. The van der Waals surface area contributed by atoms with Crippen LogP contribution in [0.5, 0.6) is 0 Å². The number of sulfonamides is 1. The Morgan fingerprint density at radius 2 is 1.62 bits per heavy atom. The van der Waals surface area contributed by atoms with Crippen LogP contribution >= 0.6 is 11.8 Å². The van der Waals surface area contributed by atoms with Crippen LogP contribution in [0.4, 0.5) is 0 Å². The van der Waals surface area contributed by atoms with Gasteiger partial charge in [0, 0.05) is 37.6 Å². The second-order valence-electron chi connectivity index (χ2n) is 6.77. The Kier molecular flexibility index (Phi) is 7.34. The molecule has 0 bridgehead atoms. The summed E-state index contributed by atoms with van der Waals surface area (Å²) in [4.78, 5) is 15.4. The van der Waals surface area contributed by atoms with Gasteiger partial charge in [0.15, 0.2) is 0 Å². The molecule has 1 aliphatic heterocycles. The number of esters is 1. The maximum absolute atomic E-state index is 12.9. The molecule has 3 rings (SSSR count). The van der Waals surface area contributed by atoms with Gasteiger partial charge in [-0.25, -0.2) is 13.2 Å². The quantitative estimate of drug-likeness (QED) is 0.493. The summed E-state index contributed by atoms with van der Waals surface area (Å²) >= 11 is 1.72. The minimum absolute atomic E-state index is 0.201. The standard InChI is InChI=1S/C21H26N2O4S2/c1-3-27-21(24)18-6-10-20(11-7-18)29(25,26)23-14-12-22(13-15-23)16-17-4-8-19(28-2)9-5-17/h4-11H,3,12-16H2,1-2H3. The summed E-state index contributed by atoms with van der Waals surface area (Å²) in [5.74, 6) is -0.448. The van der Waals surface area contributed by atoms with Crippen molar-refractivity contribution in [1.82, 2.24) is 9.21 Å². The van der Waals surface area contributed by atoms with Crippen LogP contribution < -0.4 is 0 Å². The lowest BCUT2D eigenvalue weighted by atomic mass is 10.2. The average molecular weight is 435 g/mol. The smallest absolute Gasteiger partial charge is 0.338 e. The van der Waals surface area contributed by atoms with Gasteiger partial charge in [0.2, 0.25) is 10.0 Å². The number of hydrogen-bond donors (Lipinski definition) is 0. The molecule has 0 aromatic heterocycles. The normalized spacial score (nSPS) is 15.9. The Bertz CT molecular complexity index is 920. The molecule has 2 aromatic rings. The van der Waals surface area contributed by atoms with Crippen molar-refractivity contribution in [2.45, 2.75) is 23.3 Å². The highest BCUT2D eigenvalue weighted by Gasteiger charge is 2.28. The zero-order chi connectivity index (χ0) is 20.9. The van der Waals surface area contributed by atoms with Crippen LogP contribution in [0.2, 0.25) is 0 Å². The number of hydrogen-bond acceptors (Lipinski definition) is 6. The van der Waals surface area contributed by atoms with Crippen LogP contribution in [-0.2, 0) is 21.3 Å². The Labute approximate surface area is 176 Å². The molecular weight excluding hydrogens is 408 g/mol. The Morgan fingerprint density at radius 1 is 1.00 bits per heavy atom. The number of carbonyl (C=O) groups is 1. The van der Waals surface area contributed by atoms with E-state index in [1.54, 1.807) is 18.7 Å². The molecule has 8 heteroatoms. The van der Waals surface area contributed by atoms with Crippen molar-refractivity contribution in [3.63, 3.8) is 0 Å². The van der Waals surface area contributed by atoms with Crippen LogP contribution in [0.15, 0.2) is 58.3 Å². The van der Waals surface area contributed by atoms with Crippen LogP contribution in [0.25, 0.3) is 0 Å². The number of nitrogens with zero attached hydrogens (tertiary/aromatic N) is 2. The molecule has 2 aromatic carbocycles. The highest BCUT2D eigenvalue weighted by atomic mass is 32.2. The summed E-state index contributed by atoms with van der Waals surface area (Å²) in [6, 6.07) is 14.4. The Hall–Kier alpha value is -1.87. The average Bonchev–Trinajstić information content (AvgIpc) is 2.75. The predicted octanol–water partition coefficient (Wildman–Crippen LogP) is 3.09. The van der Waals surface area contributed by atoms with Gasteiger partial charge in [-0.3, -0.25) is 4.90 Å². The summed E-state index contributed by atoms with van der Waals surface area (Å²) in [6.07, 6.45) is 2.05. The molecular formula is C21H26N2O4S2. The van der Waals surface area contributed by atoms with Gasteiger partial charge in [0.05, 0.1) is 17.1 Å². The fraction of sp³-hybridized carbons (Fsp3) is 0.381. The molecule has 0 radical (unpaired) electrons. The maximum atomic E-state index is 12.9. The minimum atomic E-state index is -3.57. The van der Waals surface area contributed by atoms with E-state index in [9.17, 15) is 13.2 Å². The molecule has 6 nitrogen and oxygen atoms in total. The van der Waals surface area contributed by atoms with Crippen molar-refractivity contribution < 1.29 is 17.9 Å². The van der Waals surface area contributed by atoms with Crippen molar-refractivity contribution in [3.05, 3.63) is 59.7 Å². The van der Waals surface area contributed by atoms with Crippen LogP contribution in [0, 0.1) is 0 Å². The van der Waals surface area contributed by atoms with Crippen LogP contribution in [0.3, 0.4) is 0 Å². The number of thioether (sulfide) groups is 1. The van der Waals surface area contributed by atoms with Crippen molar-refractivity contribution in [1.29, 1.82) is 0 Å². The summed E-state index contributed by atoms with van der Waals surface area (Å²) in [5, 5.41) is 0. The third kappa shape index (κ3) is 5.39. The predicted molar refractivity (Wildman–Crippen MR) is 115 cm³/mol. The Morgan fingerprint density at radius 3 is 2.17 bits per heavy atom. The van der Waals surface area contributed by atoms with Crippen molar-refractivity contribution >= 4 is 27.8 Å². The van der Waals surface area contributed by atoms with Gasteiger partial charge in [0.25, 0.3) is 0 Å². The minimum Gasteiger partial charge on any atom is -0.462 e. The lowest BCUT2D eigenvalue weighted by Crippen LogP contribution is -2.48. The number of ether oxygens (including phenoxy) is 1. The van der Waals surface area contributed by atoms with E-state index < -0.39 is 16.0 Å². The third-order valence-corrected chi connectivity index (χ3v) is 7.56. The summed E-state index contributed by atoms with van der Waals surface area (Å²) < 4.78 is 32.3. The van der Waals surface area contributed by atoms with Gasteiger partial charge in [-0.15, -0.1) is 11.8 Å². The summed E-state index contributed by atoms with van der Waals surface area (Å²) in [5.41, 5.74) is 1.58. The first-order valence-corrected chi connectivity index (χ1v) is 12.2. The van der Waals surface area contributed by atoms with Gasteiger partial charge in [-0.1, -0.05) is 12.1 Å². The van der Waals surface area contributed by atoms with E-state index in [0.717, 1.165) is 6.54 Å². The SMILES string of the molecule is CCOC(=O)c1ccc(S(=O)(=O)N2CCN(Cc3ccc(SC)cc3)CC2)cc1. The molecule has 1 fully saturated rings. The van der Waals surface area contributed by atoms with E-state index >= 15 is 0 Å². The van der Waals surface area contributed by atoms with Crippen molar-refractivity contribution in [2.75, 3.05) is 39.0 Å². The number of benzene rings is 2. The molecule has 0 amide bonds. The van der Waals surface area contributed by atoms with E-state index in [-0.39, 0.29) is 11.5 Å². The van der Waals surface area contributed by atoms with E-state index in [0.29, 0.717) is 31.7 Å². The Balaban J connectivity index is 1.59. The molecule has 156 valence electrons. The zero-order valence-corrected chi connectivity index (χ0v) is 18.3. The largest absolute Gasteiger partial charge is 0.462 e. The van der Waals surface area contributed by atoms with Crippen molar-refractivity contribution in [2.24, 2.45) is 0 Å². The van der Waals surface area contributed by atoms with Gasteiger partial charge in [0.1, 0.15) is 0 Å². The molecule has 0 unspecified atom stereocenters. The highest BCUT2D eigenvalue weighted by Crippen LogP contribution is 2.20. The fourth-order valence-electron chi connectivity index (χ4n) is 3.24. The van der Waals surface area contributed by atoms with E-state index in [1.165, 1.54) is 39.0 Å². The highest BCUT2D eigenvalue weighted by molar-refractivity contribution is 7.98. The number of piperazine rings is 1. The van der Waals surface area contributed by atoms with Crippen LogP contribution in [-0.4, -0.2) is 62.6 Å².